The molecule has 0 aliphatic heterocycles. The average molecular weight is 395 g/mol. The number of alkyl carbamates (subject to hydrolysis) is 1. The molecule has 1 aromatic carbocycles. The van der Waals surface area contributed by atoms with Crippen LogP contribution in [0.25, 0.3) is 0 Å². The number of hydrogen-bond acceptors (Lipinski definition) is 5. The second-order valence-corrected chi connectivity index (χ2v) is 7.13. The predicted molar refractivity (Wildman–Crippen MR) is 112 cm³/mol. The second kappa shape index (κ2) is 12.8. The fraction of sp³-hybridized carbons (Fsp3) is 0.600. The van der Waals surface area contributed by atoms with E-state index in [1.165, 1.54) is 0 Å². The lowest BCUT2D eigenvalue weighted by Gasteiger charge is -2.19. The Hall–Kier alpha value is -2.48. The largest absolute Gasteiger partial charge is 0.493 e. The van der Waals surface area contributed by atoms with Gasteiger partial charge in [0.25, 0.3) is 0 Å². The number of rotatable bonds is 10. The molecule has 0 radical (unpaired) electrons. The Balaban J connectivity index is 2.32. The summed E-state index contributed by atoms with van der Waals surface area (Å²) >= 11 is 0. The Morgan fingerprint density at radius 3 is 2.54 bits per heavy atom. The van der Waals surface area contributed by atoms with Crippen LogP contribution in [0.2, 0.25) is 0 Å². The van der Waals surface area contributed by atoms with Crippen LogP contribution < -0.4 is 20.7 Å². The molecule has 0 saturated heterocycles. The zero-order valence-electron chi connectivity index (χ0n) is 17.6. The molecule has 0 heterocycles. The molecule has 28 heavy (non-hydrogen) atoms. The van der Waals surface area contributed by atoms with Crippen molar-refractivity contribution >= 4 is 17.7 Å². The smallest absolute Gasteiger partial charge is 0.407 e. The van der Waals surface area contributed by atoms with Crippen LogP contribution in [0.3, 0.4) is 0 Å². The van der Waals surface area contributed by atoms with Crippen molar-refractivity contribution < 1.29 is 19.0 Å². The summed E-state index contributed by atoms with van der Waals surface area (Å²) < 4.78 is 15.9. The van der Waals surface area contributed by atoms with Crippen LogP contribution in [0.1, 0.15) is 33.6 Å². The summed E-state index contributed by atoms with van der Waals surface area (Å²) in [6, 6.07) is 7.70. The summed E-state index contributed by atoms with van der Waals surface area (Å²) in [4.78, 5) is 15.8. The molecule has 0 aromatic heterocycles. The molecule has 8 heteroatoms. The number of hydrogen-bond donors (Lipinski definition) is 3. The summed E-state index contributed by atoms with van der Waals surface area (Å²) in [6.07, 6.45) is 1.18. The lowest BCUT2D eigenvalue weighted by Crippen LogP contribution is -2.35. The monoisotopic (exact) mass is 394 g/mol. The van der Waals surface area contributed by atoms with E-state index in [1.54, 1.807) is 14.2 Å². The fourth-order valence-corrected chi connectivity index (χ4v) is 2.17. The fourth-order valence-electron chi connectivity index (χ4n) is 2.17. The second-order valence-electron chi connectivity index (χ2n) is 7.13. The Morgan fingerprint density at radius 2 is 1.86 bits per heavy atom. The van der Waals surface area contributed by atoms with Gasteiger partial charge in [-0.1, -0.05) is 6.07 Å². The van der Waals surface area contributed by atoms with Gasteiger partial charge in [-0.15, -0.1) is 0 Å². The van der Waals surface area contributed by atoms with Gasteiger partial charge in [0.05, 0.1) is 6.61 Å². The maximum absolute atomic E-state index is 11.6. The highest BCUT2D eigenvalue weighted by Crippen LogP contribution is 2.17. The Morgan fingerprint density at radius 1 is 1.11 bits per heavy atom. The van der Waals surface area contributed by atoms with Crippen molar-refractivity contribution in [1.29, 1.82) is 0 Å². The summed E-state index contributed by atoms with van der Waals surface area (Å²) in [5.74, 6) is 1.44. The molecule has 3 N–H and O–H groups in total. The normalized spacial score (nSPS) is 11.7. The number of anilines is 1. The van der Waals surface area contributed by atoms with Crippen molar-refractivity contribution in [1.82, 2.24) is 10.6 Å². The van der Waals surface area contributed by atoms with Crippen molar-refractivity contribution in [3.8, 4) is 5.75 Å². The number of guanidine groups is 1. The first kappa shape index (κ1) is 23.6. The van der Waals surface area contributed by atoms with E-state index < -0.39 is 11.7 Å². The first-order chi connectivity index (χ1) is 13.3. The van der Waals surface area contributed by atoms with Crippen LogP contribution in [0.5, 0.6) is 5.75 Å². The Bertz CT molecular complexity index is 614. The molecule has 158 valence electrons. The summed E-state index contributed by atoms with van der Waals surface area (Å²) in [6.45, 7) is 7.97. The van der Waals surface area contributed by atoms with Crippen LogP contribution in [-0.2, 0) is 9.47 Å². The van der Waals surface area contributed by atoms with Crippen LogP contribution >= 0.6 is 0 Å². The summed E-state index contributed by atoms with van der Waals surface area (Å²) in [7, 11) is 3.39. The molecule has 0 bridgehead atoms. The quantitative estimate of drug-likeness (QED) is 0.321. The van der Waals surface area contributed by atoms with Crippen LogP contribution in [0.4, 0.5) is 10.5 Å². The molecule has 0 aliphatic carbocycles. The Labute approximate surface area is 168 Å². The number of amides is 1. The highest BCUT2D eigenvalue weighted by Gasteiger charge is 2.15. The minimum atomic E-state index is -0.490. The van der Waals surface area contributed by atoms with Gasteiger partial charge in [0.2, 0.25) is 0 Å². The van der Waals surface area contributed by atoms with Gasteiger partial charge in [-0.3, -0.25) is 4.99 Å². The van der Waals surface area contributed by atoms with Gasteiger partial charge in [-0.05, 0) is 39.3 Å². The van der Waals surface area contributed by atoms with E-state index in [1.807, 2.05) is 45.0 Å². The van der Waals surface area contributed by atoms with Gasteiger partial charge in [-0.2, -0.15) is 0 Å². The first-order valence-corrected chi connectivity index (χ1v) is 9.50. The zero-order chi connectivity index (χ0) is 20.8. The van der Waals surface area contributed by atoms with Gasteiger partial charge in [-0.25, -0.2) is 4.79 Å². The molecule has 8 nitrogen and oxygen atoms in total. The van der Waals surface area contributed by atoms with Gasteiger partial charge in [0.1, 0.15) is 11.4 Å². The Kier molecular flexibility index (Phi) is 10.8. The number of carbonyl (C=O) groups excluding carboxylic acids is 1. The van der Waals surface area contributed by atoms with E-state index in [9.17, 15) is 4.79 Å². The third kappa shape index (κ3) is 11.3. The maximum Gasteiger partial charge on any atom is 0.407 e. The zero-order valence-corrected chi connectivity index (χ0v) is 17.6. The number of nitrogens with one attached hydrogen (secondary N) is 3. The van der Waals surface area contributed by atoms with Gasteiger partial charge in [0, 0.05) is 52.0 Å². The van der Waals surface area contributed by atoms with E-state index in [-0.39, 0.29) is 0 Å². The number of carbonyl (C=O) groups is 1. The highest BCUT2D eigenvalue weighted by molar-refractivity contribution is 5.93. The SMILES string of the molecule is CN=C(NCCCNC(=O)OC(C)(C)C)Nc1cccc(OCCCOC)c1. The number of ether oxygens (including phenoxy) is 3. The van der Waals surface area contributed by atoms with E-state index in [0.29, 0.717) is 32.3 Å². The average Bonchev–Trinajstić information content (AvgIpc) is 2.63. The molecule has 1 amide bonds. The third-order valence-corrected chi connectivity index (χ3v) is 3.40. The number of aliphatic imine (C=N–C) groups is 1. The molecule has 0 spiro atoms. The van der Waals surface area contributed by atoms with Crippen molar-refractivity contribution in [2.24, 2.45) is 4.99 Å². The molecule has 1 rings (SSSR count). The van der Waals surface area contributed by atoms with E-state index in [0.717, 1.165) is 24.3 Å². The summed E-state index contributed by atoms with van der Waals surface area (Å²) in [5.41, 5.74) is 0.389. The van der Waals surface area contributed by atoms with E-state index in [2.05, 4.69) is 20.9 Å². The first-order valence-electron chi connectivity index (χ1n) is 9.50. The predicted octanol–water partition coefficient (Wildman–Crippen LogP) is 3.00. The third-order valence-electron chi connectivity index (χ3n) is 3.40. The van der Waals surface area contributed by atoms with Gasteiger partial charge >= 0.3 is 6.09 Å². The van der Waals surface area contributed by atoms with Crippen molar-refractivity contribution in [2.45, 2.75) is 39.2 Å². The van der Waals surface area contributed by atoms with Crippen molar-refractivity contribution in [3.63, 3.8) is 0 Å². The lowest BCUT2D eigenvalue weighted by atomic mass is 10.2. The number of methoxy groups -OCH3 is 1. The maximum atomic E-state index is 11.6. The van der Waals surface area contributed by atoms with Gasteiger partial charge < -0.3 is 30.2 Å². The molecule has 0 atom stereocenters. The molecule has 1 aromatic rings. The molecule has 0 saturated carbocycles. The van der Waals surface area contributed by atoms with Crippen LogP contribution in [0.15, 0.2) is 29.3 Å². The standard InChI is InChI=1S/C20H34N4O4/c1-20(2,3)28-19(25)23-12-7-11-22-18(21-4)24-16-9-6-10-17(15-16)27-14-8-13-26-5/h6,9-10,15H,7-8,11-14H2,1-5H3,(H,23,25)(H2,21,22,24). The van der Waals surface area contributed by atoms with E-state index in [4.69, 9.17) is 14.2 Å². The highest BCUT2D eigenvalue weighted by atomic mass is 16.6. The summed E-state index contributed by atoms with van der Waals surface area (Å²) in [5, 5.41) is 9.16. The molecule has 0 unspecified atom stereocenters. The molecule has 0 aliphatic rings. The van der Waals surface area contributed by atoms with Crippen molar-refractivity contribution in [2.75, 3.05) is 45.8 Å². The number of benzene rings is 1. The van der Waals surface area contributed by atoms with Gasteiger partial charge in [0.15, 0.2) is 5.96 Å². The lowest BCUT2D eigenvalue weighted by molar-refractivity contribution is 0.0527. The molecular weight excluding hydrogens is 360 g/mol. The van der Waals surface area contributed by atoms with Crippen molar-refractivity contribution in [3.05, 3.63) is 24.3 Å². The topological polar surface area (TPSA) is 93.2 Å². The molecule has 0 fully saturated rings. The van der Waals surface area contributed by atoms with Crippen LogP contribution in [0, 0.1) is 0 Å². The van der Waals surface area contributed by atoms with Crippen LogP contribution in [-0.4, -0.2) is 58.1 Å². The minimum Gasteiger partial charge on any atom is -0.493 e. The van der Waals surface area contributed by atoms with E-state index >= 15 is 0 Å². The molecular formula is C20H34N4O4. The number of nitrogens with zero attached hydrogens (tertiary/aromatic N) is 1. The minimum absolute atomic E-state index is 0.405.